The summed E-state index contributed by atoms with van der Waals surface area (Å²) >= 11 is 6.87. The zero-order chi connectivity index (χ0) is 14.7. The molecular formula is C13H21ClN4OS. The molecule has 0 radical (unpaired) electrons. The Kier molecular flexibility index (Phi) is 5.35. The van der Waals surface area contributed by atoms with Crippen molar-refractivity contribution in [2.24, 2.45) is 5.92 Å². The summed E-state index contributed by atoms with van der Waals surface area (Å²) in [4.78, 5) is 16.4. The van der Waals surface area contributed by atoms with Crippen molar-refractivity contribution < 1.29 is 4.79 Å². The summed E-state index contributed by atoms with van der Waals surface area (Å²) in [6, 6.07) is 0.568. The van der Waals surface area contributed by atoms with Crippen molar-refractivity contribution in [1.82, 2.24) is 20.0 Å². The number of hydrogen-bond donors (Lipinski definition) is 0. The molecular weight excluding hydrogens is 296 g/mol. The van der Waals surface area contributed by atoms with Crippen LogP contribution in [0.25, 0.3) is 0 Å². The minimum Gasteiger partial charge on any atom is -0.337 e. The number of carbonyl (C=O) groups excluding carboxylic acids is 1. The summed E-state index contributed by atoms with van der Waals surface area (Å²) in [6.07, 6.45) is 2.10. The van der Waals surface area contributed by atoms with E-state index in [4.69, 9.17) is 11.6 Å². The summed E-state index contributed by atoms with van der Waals surface area (Å²) in [7, 11) is 2.16. The highest BCUT2D eigenvalue weighted by Gasteiger charge is 2.26. The normalized spacial score (nSPS) is 17.2. The van der Waals surface area contributed by atoms with E-state index in [0.29, 0.717) is 21.4 Å². The quantitative estimate of drug-likeness (QED) is 0.856. The SMILES string of the molecule is CC(C)N(C)CC1CCN(C(=O)c2nnc(Cl)s2)CC1. The standard InChI is InChI=1S/C13H21ClN4OS/c1-9(2)17(3)8-10-4-6-18(7-5-10)12(19)11-15-16-13(14)20-11/h9-10H,4-8H2,1-3H3. The summed E-state index contributed by atoms with van der Waals surface area (Å²) < 4.78 is 0.321. The smallest absolute Gasteiger partial charge is 0.284 e. The lowest BCUT2D eigenvalue weighted by Gasteiger charge is -2.34. The first-order chi connectivity index (χ1) is 9.47. The van der Waals surface area contributed by atoms with Gasteiger partial charge in [-0.15, -0.1) is 10.2 Å². The third-order valence-corrected chi connectivity index (χ3v) is 4.92. The van der Waals surface area contributed by atoms with Gasteiger partial charge < -0.3 is 9.80 Å². The van der Waals surface area contributed by atoms with Gasteiger partial charge in [0.05, 0.1) is 0 Å². The first kappa shape index (κ1) is 15.7. The van der Waals surface area contributed by atoms with Gasteiger partial charge in [-0.3, -0.25) is 4.79 Å². The van der Waals surface area contributed by atoms with Crippen LogP contribution in [0.3, 0.4) is 0 Å². The Morgan fingerprint density at radius 1 is 1.45 bits per heavy atom. The molecule has 0 saturated carbocycles. The van der Waals surface area contributed by atoms with Crippen molar-refractivity contribution >= 4 is 28.8 Å². The van der Waals surface area contributed by atoms with E-state index in [-0.39, 0.29) is 5.91 Å². The first-order valence-electron chi connectivity index (χ1n) is 6.96. The maximum Gasteiger partial charge on any atom is 0.284 e. The van der Waals surface area contributed by atoms with Crippen molar-refractivity contribution in [3.63, 3.8) is 0 Å². The van der Waals surface area contributed by atoms with Crippen LogP contribution in [-0.4, -0.2) is 58.6 Å². The molecule has 1 aromatic rings. The van der Waals surface area contributed by atoms with Crippen molar-refractivity contribution in [3.8, 4) is 0 Å². The average molecular weight is 317 g/mol. The number of aromatic nitrogens is 2. The molecule has 1 aliphatic heterocycles. The summed E-state index contributed by atoms with van der Waals surface area (Å²) in [5.41, 5.74) is 0. The molecule has 0 bridgehead atoms. The van der Waals surface area contributed by atoms with Gasteiger partial charge in [-0.05, 0) is 51.3 Å². The largest absolute Gasteiger partial charge is 0.337 e. The second kappa shape index (κ2) is 6.83. The summed E-state index contributed by atoms with van der Waals surface area (Å²) in [5.74, 6) is 0.634. The number of piperidine rings is 1. The number of halogens is 1. The van der Waals surface area contributed by atoms with Crippen molar-refractivity contribution in [3.05, 3.63) is 9.47 Å². The number of carbonyl (C=O) groups is 1. The molecule has 1 aliphatic rings. The fraction of sp³-hybridized carbons (Fsp3) is 0.769. The molecule has 0 unspecified atom stereocenters. The fourth-order valence-electron chi connectivity index (χ4n) is 2.36. The van der Waals surface area contributed by atoms with E-state index in [1.54, 1.807) is 0 Å². The van der Waals surface area contributed by atoms with Crippen LogP contribution in [0.5, 0.6) is 0 Å². The van der Waals surface area contributed by atoms with Crippen LogP contribution >= 0.6 is 22.9 Å². The molecule has 0 atom stereocenters. The van der Waals surface area contributed by atoms with E-state index in [1.165, 1.54) is 0 Å². The molecule has 7 heteroatoms. The zero-order valence-corrected chi connectivity index (χ0v) is 13.7. The minimum atomic E-state index is -0.0370. The van der Waals surface area contributed by atoms with Gasteiger partial charge in [-0.2, -0.15) is 0 Å². The van der Waals surface area contributed by atoms with Crippen LogP contribution in [0.1, 0.15) is 36.5 Å². The molecule has 5 nitrogen and oxygen atoms in total. The van der Waals surface area contributed by atoms with Gasteiger partial charge >= 0.3 is 0 Å². The Bertz CT molecular complexity index is 457. The van der Waals surface area contributed by atoms with E-state index >= 15 is 0 Å². The van der Waals surface area contributed by atoms with Gasteiger partial charge in [0, 0.05) is 25.7 Å². The van der Waals surface area contributed by atoms with Crippen LogP contribution in [0.4, 0.5) is 0 Å². The summed E-state index contributed by atoms with van der Waals surface area (Å²) in [5, 5.41) is 7.90. The highest BCUT2D eigenvalue weighted by molar-refractivity contribution is 7.17. The van der Waals surface area contributed by atoms with Gasteiger partial charge in [0.25, 0.3) is 5.91 Å². The van der Waals surface area contributed by atoms with Crippen LogP contribution in [0, 0.1) is 5.92 Å². The predicted molar refractivity (Wildman–Crippen MR) is 81.3 cm³/mol. The molecule has 1 saturated heterocycles. The third kappa shape index (κ3) is 3.90. The van der Waals surface area contributed by atoms with Gasteiger partial charge in [-0.25, -0.2) is 0 Å². The molecule has 2 heterocycles. The molecule has 0 N–H and O–H groups in total. The molecule has 1 aromatic heterocycles. The maximum absolute atomic E-state index is 12.2. The predicted octanol–water partition coefficient (Wildman–Crippen LogP) is 2.38. The van der Waals surface area contributed by atoms with E-state index in [9.17, 15) is 4.79 Å². The average Bonchev–Trinajstić information content (AvgIpc) is 2.85. The van der Waals surface area contributed by atoms with E-state index < -0.39 is 0 Å². The second-order valence-corrected chi connectivity index (χ2v) is 7.19. The Morgan fingerprint density at radius 3 is 2.60 bits per heavy atom. The van der Waals surface area contributed by atoms with Crippen molar-refractivity contribution in [2.45, 2.75) is 32.7 Å². The molecule has 1 amide bonds. The third-order valence-electron chi connectivity index (χ3n) is 3.91. The van der Waals surface area contributed by atoms with E-state index in [0.717, 1.165) is 43.8 Å². The zero-order valence-electron chi connectivity index (χ0n) is 12.2. The first-order valence-corrected chi connectivity index (χ1v) is 8.15. The molecule has 20 heavy (non-hydrogen) atoms. The molecule has 0 aliphatic carbocycles. The highest BCUT2D eigenvalue weighted by Crippen LogP contribution is 2.22. The van der Waals surface area contributed by atoms with E-state index in [1.807, 2.05) is 4.90 Å². The van der Waals surface area contributed by atoms with Crippen LogP contribution in [0.15, 0.2) is 0 Å². The monoisotopic (exact) mass is 316 g/mol. The topological polar surface area (TPSA) is 49.3 Å². The Labute approximate surface area is 128 Å². The highest BCUT2D eigenvalue weighted by atomic mass is 35.5. The summed E-state index contributed by atoms with van der Waals surface area (Å²) in [6.45, 7) is 7.11. The lowest BCUT2D eigenvalue weighted by Crippen LogP contribution is -2.42. The minimum absolute atomic E-state index is 0.0370. The lowest BCUT2D eigenvalue weighted by molar-refractivity contribution is 0.0665. The van der Waals surface area contributed by atoms with Gasteiger partial charge in [0.2, 0.25) is 9.47 Å². The molecule has 2 rings (SSSR count). The van der Waals surface area contributed by atoms with Gasteiger partial charge in [0.15, 0.2) is 0 Å². The van der Waals surface area contributed by atoms with Gasteiger partial charge in [-0.1, -0.05) is 11.3 Å². The van der Waals surface area contributed by atoms with Crippen molar-refractivity contribution in [2.75, 3.05) is 26.7 Å². The van der Waals surface area contributed by atoms with Crippen LogP contribution < -0.4 is 0 Å². The van der Waals surface area contributed by atoms with Crippen LogP contribution in [-0.2, 0) is 0 Å². The van der Waals surface area contributed by atoms with Crippen molar-refractivity contribution in [1.29, 1.82) is 0 Å². The molecule has 112 valence electrons. The number of likely N-dealkylation sites (tertiary alicyclic amines) is 1. The Morgan fingerprint density at radius 2 is 2.10 bits per heavy atom. The van der Waals surface area contributed by atoms with Gasteiger partial charge in [0.1, 0.15) is 0 Å². The number of nitrogens with zero attached hydrogens (tertiary/aromatic N) is 4. The number of amides is 1. The van der Waals surface area contributed by atoms with Crippen LogP contribution in [0.2, 0.25) is 4.47 Å². The second-order valence-electron chi connectivity index (χ2n) is 5.63. The Balaban J connectivity index is 1.83. The number of hydrogen-bond acceptors (Lipinski definition) is 5. The number of rotatable bonds is 4. The maximum atomic E-state index is 12.2. The lowest BCUT2D eigenvalue weighted by atomic mass is 9.96. The fourth-order valence-corrected chi connectivity index (χ4v) is 3.16. The molecule has 0 spiro atoms. The Hall–Kier alpha value is -0.720. The molecule has 1 fully saturated rings. The molecule has 0 aromatic carbocycles. The van der Waals surface area contributed by atoms with E-state index in [2.05, 4.69) is 36.0 Å².